The van der Waals surface area contributed by atoms with Crippen LogP contribution in [0.5, 0.6) is 6.01 Å². The molecule has 4 aromatic rings. The van der Waals surface area contributed by atoms with Gasteiger partial charge in [-0.25, -0.2) is 11.0 Å². The van der Waals surface area contributed by atoms with Crippen LogP contribution >= 0.6 is 0 Å². The van der Waals surface area contributed by atoms with Crippen molar-refractivity contribution >= 4 is 33.4 Å². The third kappa shape index (κ3) is 5.63. The molecule has 1 amide bonds. The van der Waals surface area contributed by atoms with Crippen molar-refractivity contribution in [2.24, 2.45) is 0 Å². The van der Waals surface area contributed by atoms with Crippen molar-refractivity contribution in [3.8, 4) is 23.3 Å². The number of halogens is 1. The molecule has 2 aliphatic rings. The number of likely N-dealkylation sites (tertiary alicyclic amines) is 1. The summed E-state index contributed by atoms with van der Waals surface area (Å²) in [5.74, 6) is -1.39. The van der Waals surface area contributed by atoms with Crippen LogP contribution in [0.25, 0.3) is 37.8 Å². The van der Waals surface area contributed by atoms with Gasteiger partial charge in [0.15, 0.2) is 5.83 Å². The number of anilines is 1. The molecule has 45 heavy (non-hydrogen) atoms. The smallest absolute Gasteiger partial charge is 0.319 e. The molecule has 10 nitrogen and oxygen atoms in total. The Hall–Kier alpha value is -5.13. The standard InChI is InChI=1S/C34H33FN8O2/c1-21-8-5-9-23-10-6-12-26(29(21)23)30-27(16-36)31-28(18-38-30)32(40-34(39-31)45-20-24-11-7-13-41(24)4)42-14-15-43(33(44)22(2)35)25(19-42)17-37-3/h5-6,8-10,12,18,24-25H,2,7,11,13-15,17,19-20H2,1,4H3/t24-,25-/m0/s1. The van der Waals surface area contributed by atoms with E-state index in [-0.39, 0.29) is 31.7 Å². The molecule has 6 rings (SSSR count). The van der Waals surface area contributed by atoms with Crippen LogP contribution in [-0.2, 0) is 4.79 Å². The average molecular weight is 605 g/mol. The van der Waals surface area contributed by atoms with Gasteiger partial charge >= 0.3 is 6.01 Å². The second-order valence-corrected chi connectivity index (χ2v) is 11.6. The fourth-order valence-electron chi connectivity index (χ4n) is 6.49. The van der Waals surface area contributed by atoms with Gasteiger partial charge in [-0.3, -0.25) is 9.78 Å². The lowest BCUT2D eigenvalue weighted by Gasteiger charge is -2.39. The van der Waals surface area contributed by atoms with Gasteiger partial charge in [-0.15, -0.1) is 0 Å². The normalized spacial score (nSPS) is 18.6. The van der Waals surface area contributed by atoms with Crippen LogP contribution in [0.3, 0.4) is 0 Å². The number of aryl methyl sites for hydroxylation is 1. The van der Waals surface area contributed by atoms with Gasteiger partial charge in [0.2, 0.25) is 6.54 Å². The summed E-state index contributed by atoms with van der Waals surface area (Å²) in [6, 6.07) is 14.2. The van der Waals surface area contributed by atoms with Crippen molar-refractivity contribution in [2.75, 3.05) is 51.3 Å². The lowest BCUT2D eigenvalue weighted by Crippen LogP contribution is -2.56. The number of hydrogen-bond donors (Lipinski definition) is 0. The van der Waals surface area contributed by atoms with Crippen LogP contribution in [-0.4, -0.2) is 89.1 Å². The van der Waals surface area contributed by atoms with Crippen molar-refractivity contribution in [1.29, 1.82) is 5.26 Å². The molecular weight excluding hydrogens is 571 g/mol. The van der Waals surface area contributed by atoms with E-state index in [1.54, 1.807) is 6.20 Å². The van der Waals surface area contributed by atoms with E-state index in [0.29, 0.717) is 41.1 Å². The summed E-state index contributed by atoms with van der Waals surface area (Å²) in [5.41, 5.74) is 3.12. The van der Waals surface area contributed by atoms with E-state index in [2.05, 4.69) is 29.4 Å². The van der Waals surface area contributed by atoms with Gasteiger partial charge in [-0.1, -0.05) is 43.0 Å². The molecule has 0 aliphatic carbocycles. The van der Waals surface area contributed by atoms with Crippen molar-refractivity contribution in [1.82, 2.24) is 24.8 Å². The van der Waals surface area contributed by atoms with Crippen molar-refractivity contribution in [2.45, 2.75) is 31.8 Å². The van der Waals surface area contributed by atoms with Gasteiger partial charge in [-0.05, 0) is 49.7 Å². The molecule has 0 unspecified atom stereocenters. The number of aromatic nitrogens is 3. The first-order valence-electron chi connectivity index (χ1n) is 15.0. The maximum Gasteiger partial charge on any atom is 0.319 e. The van der Waals surface area contributed by atoms with Gasteiger partial charge < -0.3 is 24.3 Å². The second-order valence-electron chi connectivity index (χ2n) is 11.6. The molecule has 11 heteroatoms. The number of fused-ring (bicyclic) bond motifs is 2. The molecule has 2 aromatic heterocycles. The number of ether oxygens (including phenoxy) is 1. The van der Waals surface area contributed by atoms with Crippen LogP contribution in [0.15, 0.2) is 55.0 Å². The molecule has 2 fully saturated rings. The predicted octanol–water partition coefficient (Wildman–Crippen LogP) is 4.92. The van der Waals surface area contributed by atoms with Crippen molar-refractivity contribution < 1.29 is 13.9 Å². The minimum Gasteiger partial charge on any atom is -0.462 e. The monoisotopic (exact) mass is 604 g/mol. The first kappa shape index (κ1) is 29.9. The van der Waals surface area contributed by atoms with Gasteiger partial charge in [0, 0.05) is 37.4 Å². The number of hydrogen-bond acceptors (Lipinski definition) is 8. The number of nitrogens with zero attached hydrogens (tertiary/aromatic N) is 8. The Labute approximate surface area is 261 Å². The first-order valence-corrected chi connectivity index (χ1v) is 15.0. The Balaban J connectivity index is 1.48. The Morgan fingerprint density at radius 1 is 1.20 bits per heavy atom. The second kappa shape index (κ2) is 12.5. The summed E-state index contributed by atoms with van der Waals surface area (Å²) in [6.45, 7) is 14.7. The highest BCUT2D eigenvalue weighted by Gasteiger charge is 2.35. The summed E-state index contributed by atoms with van der Waals surface area (Å²) in [6.07, 6.45) is 3.77. The molecule has 2 saturated heterocycles. The molecule has 2 aliphatic heterocycles. The van der Waals surface area contributed by atoms with E-state index < -0.39 is 17.8 Å². The van der Waals surface area contributed by atoms with Crippen LogP contribution in [0.4, 0.5) is 10.2 Å². The Kier molecular flexibility index (Phi) is 8.29. The molecule has 2 aromatic carbocycles. The van der Waals surface area contributed by atoms with Crippen LogP contribution in [0.1, 0.15) is 24.0 Å². The Bertz CT molecular complexity index is 1890. The molecule has 0 radical (unpaired) electrons. The zero-order valence-electron chi connectivity index (χ0n) is 25.3. The lowest BCUT2D eigenvalue weighted by atomic mass is 9.95. The van der Waals surface area contributed by atoms with Crippen molar-refractivity contribution in [3.05, 3.63) is 77.5 Å². The number of piperazine rings is 1. The first-order chi connectivity index (χ1) is 21.8. The highest BCUT2D eigenvalue weighted by atomic mass is 19.1. The predicted molar refractivity (Wildman–Crippen MR) is 170 cm³/mol. The highest BCUT2D eigenvalue weighted by Crippen LogP contribution is 2.37. The lowest BCUT2D eigenvalue weighted by molar-refractivity contribution is -0.131. The van der Waals surface area contributed by atoms with E-state index in [9.17, 15) is 14.4 Å². The fourth-order valence-corrected chi connectivity index (χ4v) is 6.49. The molecule has 0 bridgehead atoms. The van der Waals surface area contributed by atoms with Gasteiger partial charge in [-0.2, -0.15) is 15.2 Å². The fraction of sp³-hybridized carbons (Fsp3) is 0.353. The largest absolute Gasteiger partial charge is 0.462 e. The Morgan fingerprint density at radius 2 is 2.00 bits per heavy atom. The van der Waals surface area contributed by atoms with Crippen LogP contribution in [0, 0.1) is 24.8 Å². The van der Waals surface area contributed by atoms with Gasteiger partial charge in [0.1, 0.15) is 35.6 Å². The van der Waals surface area contributed by atoms with Crippen LogP contribution in [0.2, 0.25) is 0 Å². The number of carbonyl (C=O) groups is 1. The zero-order valence-corrected chi connectivity index (χ0v) is 25.3. The minimum atomic E-state index is -1.06. The Morgan fingerprint density at radius 3 is 2.71 bits per heavy atom. The summed E-state index contributed by atoms with van der Waals surface area (Å²) >= 11 is 0. The third-order valence-electron chi connectivity index (χ3n) is 8.83. The van der Waals surface area contributed by atoms with E-state index >= 15 is 0 Å². The summed E-state index contributed by atoms with van der Waals surface area (Å²) in [4.78, 5) is 36.0. The third-order valence-corrected chi connectivity index (χ3v) is 8.83. The van der Waals surface area contributed by atoms with Crippen molar-refractivity contribution in [3.63, 3.8) is 0 Å². The summed E-state index contributed by atoms with van der Waals surface area (Å²) < 4.78 is 20.0. The summed E-state index contributed by atoms with van der Waals surface area (Å²) in [5, 5.41) is 13.2. The minimum absolute atomic E-state index is 0.0117. The number of nitriles is 1. The SMILES string of the molecule is [C-]#[N+]C[C@H]1CN(c2nc(OC[C@@H]3CCCN3C)nc3c(C#N)c(-c4cccc5cccc(C)c45)ncc23)CCN1C(=O)C(=C)F. The van der Waals surface area contributed by atoms with E-state index in [1.165, 1.54) is 4.90 Å². The van der Waals surface area contributed by atoms with E-state index in [1.807, 2.05) is 48.2 Å². The molecule has 4 heterocycles. The molecule has 0 N–H and O–H groups in total. The topological polar surface area (TPSA) is 103 Å². The highest BCUT2D eigenvalue weighted by molar-refractivity contribution is 6.03. The number of carbonyl (C=O) groups excluding carboxylic acids is 1. The molecule has 2 atom stereocenters. The van der Waals surface area contributed by atoms with Crippen LogP contribution < -0.4 is 9.64 Å². The van der Waals surface area contributed by atoms with E-state index in [4.69, 9.17) is 26.3 Å². The van der Waals surface area contributed by atoms with Gasteiger partial charge in [0.05, 0.1) is 11.1 Å². The number of amides is 1. The maximum atomic E-state index is 13.8. The quantitative estimate of drug-likeness (QED) is 0.217. The number of pyridine rings is 1. The molecular formula is C34H33FN8O2. The molecule has 228 valence electrons. The number of likely N-dealkylation sites (N-methyl/N-ethyl adjacent to an activating group) is 1. The zero-order chi connectivity index (χ0) is 31.7. The summed E-state index contributed by atoms with van der Waals surface area (Å²) in [7, 11) is 2.07. The average Bonchev–Trinajstić information content (AvgIpc) is 3.46. The molecule has 0 saturated carbocycles. The molecule has 0 spiro atoms. The number of benzene rings is 2. The maximum absolute atomic E-state index is 13.8. The van der Waals surface area contributed by atoms with E-state index in [0.717, 1.165) is 41.3 Å². The van der Waals surface area contributed by atoms with Gasteiger partial charge in [0.25, 0.3) is 5.91 Å². The number of rotatable bonds is 7.